The van der Waals surface area contributed by atoms with E-state index in [1.807, 2.05) is 43.3 Å². The number of hydrogen-bond acceptors (Lipinski definition) is 0. The average molecular weight is 151 g/mol. The van der Waals surface area contributed by atoms with Gasteiger partial charge in [0.15, 0.2) is 0 Å². The van der Waals surface area contributed by atoms with Crippen LogP contribution in [-0.2, 0) is 5.11 Å². The molecule has 0 unspecified atom stereocenters. The fraction of sp³-hybridized carbons (Fsp3) is 0.400. The quantitative estimate of drug-likeness (QED) is 0.619. The summed E-state index contributed by atoms with van der Waals surface area (Å²) in [6.45, 7) is 2.11. The molecule has 1 aromatic carbocycles. The summed E-state index contributed by atoms with van der Waals surface area (Å²) < 4.78 is 0. The average Bonchev–Trinajstić information content (AvgIpc) is 2.10. The van der Waals surface area contributed by atoms with Crippen molar-refractivity contribution in [2.75, 3.05) is 6.61 Å². The van der Waals surface area contributed by atoms with Crippen LogP contribution in [0.4, 0.5) is 0 Å². The van der Waals surface area contributed by atoms with Crippen molar-refractivity contribution in [3.63, 3.8) is 0 Å². The first-order chi connectivity index (χ1) is 5.41. The van der Waals surface area contributed by atoms with Crippen molar-refractivity contribution >= 4 is 0 Å². The molecule has 0 spiro atoms. The lowest BCUT2D eigenvalue weighted by Gasteiger charge is -1.76. The molecule has 0 bridgehead atoms. The zero-order valence-corrected chi connectivity index (χ0v) is 6.99. The van der Waals surface area contributed by atoms with Crippen LogP contribution in [0, 0.1) is 0 Å². The Morgan fingerprint density at radius 3 is 1.36 bits per heavy atom. The van der Waals surface area contributed by atoms with Crippen molar-refractivity contribution in [3.8, 4) is 0 Å². The highest BCUT2D eigenvalue weighted by Crippen LogP contribution is 1.80. The molecule has 1 nitrogen and oxygen atoms in total. The molecule has 1 heteroatoms. The zero-order valence-electron chi connectivity index (χ0n) is 6.99. The van der Waals surface area contributed by atoms with Crippen LogP contribution in [-0.4, -0.2) is 6.61 Å². The van der Waals surface area contributed by atoms with E-state index < -0.39 is 0 Å². The van der Waals surface area contributed by atoms with Crippen molar-refractivity contribution < 1.29 is 5.11 Å². The normalized spacial score (nSPS) is 8.18. The van der Waals surface area contributed by atoms with Crippen LogP contribution in [0.1, 0.15) is 19.8 Å². The summed E-state index contributed by atoms with van der Waals surface area (Å²) in [5, 5.41) is 9.53. The molecule has 1 aromatic rings. The third-order valence-electron chi connectivity index (χ3n) is 1.16. The summed E-state index contributed by atoms with van der Waals surface area (Å²) in [6, 6.07) is 12.0. The topological polar surface area (TPSA) is 19.9 Å². The molecule has 0 aliphatic heterocycles. The molecule has 0 saturated heterocycles. The number of rotatable bonds is 2. The maximum Gasteiger partial charge on any atom is 0.0822 e. The molecule has 1 rings (SSSR count). The Balaban J connectivity index is 0.000000187. The molecule has 0 aromatic heterocycles. The van der Waals surface area contributed by atoms with Crippen molar-refractivity contribution in [3.05, 3.63) is 36.4 Å². The monoisotopic (exact) mass is 151 g/mol. The van der Waals surface area contributed by atoms with E-state index in [0.29, 0.717) is 0 Å². The summed E-state index contributed by atoms with van der Waals surface area (Å²) in [7, 11) is 0. The van der Waals surface area contributed by atoms with E-state index in [1.165, 1.54) is 0 Å². The molecule has 0 N–H and O–H groups in total. The van der Waals surface area contributed by atoms with Crippen LogP contribution < -0.4 is 0 Å². The van der Waals surface area contributed by atoms with Gasteiger partial charge in [0.1, 0.15) is 0 Å². The van der Waals surface area contributed by atoms with Crippen LogP contribution in [0.3, 0.4) is 0 Å². The molecule has 0 saturated carbocycles. The van der Waals surface area contributed by atoms with Crippen LogP contribution in [0.25, 0.3) is 0 Å². The minimum atomic E-state index is 0.0938. The zero-order chi connectivity index (χ0) is 8.36. The lowest BCUT2D eigenvalue weighted by atomic mass is 10.4. The van der Waals surface area contributed by atoms with E-state index in [4.69, 9.17) is 0 Å². The lowest BCUT2D eigenvalue weighted by Crippen LogP contribution is -1.72. The molecular weight excluding hydrogens is 136 g/mol. The molecule has 0 heterocycles. The van der Waals surface area contributed by atoms with E-state index in [0.717, 1.165) is 12.8 Å². The van der Waals surface area contributed by atoms with E-state index >= 15 is 0 Å². The van der Waals surface area contributed by atoms with Gasteiger partial charge in [0.2, 0.25) is 0 Å². The van der Waals surface area contributed by atoms with Gasteiger partial charge in [-0.15, -0.1) is 0 Å². The molecule has 0 fully saturated rings. The van der Waals surface area contributed by atoms with Crippen LogP contribution in [0.15, 0.2) is 36.4 Å². The highest BCUT2D eigenvalue weighted by Gasteiger charge is 1.71. The predicted octanol–water partition coefficient (Wildman–Crippen LogP) is 2.90. The predicted molar refractivity (Wildman–Crippen MR) is 46.9 cm³/mol. The lowest BCUT2D eigenvalue weighted by molar-refractivity contribution is 0.188. The van der Waals surface area contributed by atoms with Crippen LogP contribution >= 0.6 is 0 Å². The summed E-state index contributed by atoms with van der Waals surface area (Å²) in [5.74, 6) is 0. The van der Waals surface area contributed by atoms with Crippen molar-refractivity contribution in [1.82, 2.24) is 0 Å². The van der Waals surface area contributed by atoms with E-state index in [1.54, 1.807) is 0 Å². The molecule has 0 atom stereocenters. The first-order valence-electron chi connectivity index (χ1n) is 4.00. The summed E-state index contributed by atoms with van der Waals surface area (Å²) in [4.78, 5) is 0. The standard InChI is InChI=1S/C6H6.C4H9O/c1-2-4-6-5-3-1;1-2-3-4-5/h1-6H;2-4H2,1H3. The van der Waals surface area contributed by atoms with Gasteiger partial charge < -0.3 is 0 Å². The Morgan fingerprint density at radius 2 is 1.27 bits per heavy atom. The van der Waals surface area contributed by atoms with Gasteiger partial charge >= 0.3 is 0 Å². The summed E-state index contributed by atoms with van der Waals surface area (Å²) in [5.41, 5.74) is 0. The van der Waals surface area contributed by atoms with Crippen LogP contribution in [0.5, 0.6) is 0 Å². The maximum atomic E-state index is 9.53. The Morgan fingerprint density at radius 1 is 0.909 bits per heavy atom. The highest BCUT2D eigenvalue weighted by atomic mass is 16.2. The molecule has 0 aliphatic carbocycles. The minimum absolute atomic E-state index is 0.0938. The summed E-state index contributed by atoms with van der Waals surface area (Å²) >= 11 is 0. The van der Waals surface area contributed by atoms with Gasteiger partial charge in [0, 0.05) is 0 Å². The van der Waals surface area contributed by atoms with Gasteiger partial charge in [0.05, 0.1) is 6.61 Å². The first kappa shape index (κ1) is 10.2. The maximum absolute atomic E-state index is 9.53. The molecule has 0 aliphatic rings. The molecule has 61 valence electrons. The van der Waals surface area contributed by atoms with E-state index in [-0.39, 0.29) is 6.61 Å². The molecular formula is C10H15O. The van der Waals surface area contributed by atoms with Gasteiger partial charge in [0.25, 0.3) is 0 Å². The molecule has 1 radical (unpaired) electrons. The molecule has 11 heavy (non-hydrogen) atoms. The van der Waals surface area contributed by atoms with Gasteiger partial charge in [-0.3, -0.25) is 0 Å². The van der Waals surface area contributed by atoms with E-state index in [2.05, 4.69) is 0 Å². The second-order valence-electron chi connectivity index (χ2n) is 2.21. The fourth-order valence-corrected chi connectivity index (χ4v) is 0.529. The smallest absolute Gasteiger partial charge is 0.0822 e. The van der Waals surface area contributed by atoms with Gasteiger partial charge in [-0.25, -0.2) is 5.11 Å². The van der Waals surface area contributed by atoms with Crippen molar-refractivity contribution in [1.29, 1.82) is 0 Å². The largest absolute Gasteiger partial charge is 0.237 e. The Bertz CT molecular complexity index is 108. The van der Waals surface area contributed by atoms with Gasteiger partial charge in [-0.2, -0.15) is 0 Å². The number of benzene rings is 1. The second-order valence-corrected chi connectivity index (χ2v) is 2.21. The third kappa shape index (κ3) is 9.18. The van der Waals surface area contributed by atoms with E-state index in [9.17, 15) is 5.11 Å². The second kappa shape index (κ2) is 9.18. The van der Waals surface area contributed by atoms with Gasteiger partial charge in [-0.1, -0.05) is 49.7 Å². The first-order valence-corrected chi connectivity index (χ1v) is 4.00. The van der Waals surface area contributed by atoms with Crippen LogP contribution in [0.2, 0.25) is 0 Å². The number of hydrogen-bond donors (Lipinski definition) is 0. The highest BCUT2D eigenvalue weighted by molar-refractivity contribution is 4.99. The third-order valence-corrected chi connectivity index (χ3v) is 1.16. The summed E-state index contributed by atoms with van der Waals surface area (Å²) in [6.07, 6.45) is 1.86. The Kier molecular flexibility index (Phi) is 8.50. The van der Waals surface area contributed by atoms with Crippen molar-refractivity contribution in [2.45, 2.75) is 19.8 Å². The number of unbranched alkanes of at least 4 members (excludes halogenated alkanes) is 1. The Labute approximate surface area is 68.7 Å². The Hall–Kier alpha value is -0.820. The fourth-order valence-electron chi connectivity index (χ4n) is 0.529. The van der Waals surface area contributed by atoms with Gasteiger partial charge in [-0.05, 0) is 6.42 Å². The SMILES string of the molecule is CCCC[O].c1ccccc1. The molecule has 0 amide bonds. The minimum Gasteiger partial charge on any atom is -0.237 e. The van der Waals surface area contributed by atoms with Crippen molar-refractivity contribution in [2.24, 2.45) is 0 Å².